The van der Waals surface area contributed by atoms with E-state index in [1.165, 1.54) is 0 Å². The SMILES string of the molecule is O=[S@@]1CCCCc2nc(N3CCCC(c4ncc(Cl)cn4)CC3)nc(NC3(CO)CCC3)c21. The molecule has 1 aliphatic carbocycles. The summed E-state index contributed by atoms with van der Waals surface area (Å²) in [6.07, 6.45) is 11.8. The van der Waals surface area contributed by atoms with Crippen molar-refractivity contribution in [2.24, 2.45) is 0 Å². The number of aryl methyl sites for hydroxylation is 1. The largest absolute Gasteiger partial charge is 0.394 e. The fourth-order valence-electron chi connectivity index (χ4n) is 5.01. The highest BCUT2D eigenvalue weighted by molar-refractivity contribution is 7.85. The van der Waals surface area contributed by atoms with Crippen LogP contribution in [-0.4, -0.2) is 60.2 Å². The van der Waals surface area contributed by atoms with Crippen molar-refractivity contribution in [2.45, 2.75) is 74.1 Å². The van der Waals surface area contributed by atoms with E-state index in [-0.39, 0.29) is 18.1 Å². The molecular weight excluding hydrogens is 460 g/mol. The Balaban J connectivity index is 1.43. The van der Waals surface area contributed by atoms with Crippen molar-refractivity contribution in [1.29, 1.82) is 0 Å². The number of nitrogens with one attached hydrogen (secondary N) is 1. The first-order valence-electron chi connectivity index (χ1n) is 12.0. The maximum absolute atomic E-state index is 13.1. The molecule has 2 aromatic heterocycles. The second-order valence-corrected chi connectivity index (χ2v) is 11.4. The van der Waals surface area contributed by atoms with Crippen molar-refractivity contribution < 1.29 is 9.32 Å². The monoisotopic (exact) mass is 490 g/mol. The van der Waals surface area contributed by atoms with Crippen molar-refractivity contribution in [1.82, 2.24) is 19.9 Å². The average Bonchev–Trinajstić information content (AvgIpc) is 3.15. The number of aromatic nitrogens is 4. The van der Waals surface area contributed by atoms with Crippen molar-refractivity contribution in [3.8, 4) is 0 Å². The molecule has 1 unspecified atom stereocenters. The van der Waals surface area contributed by atoms with Crippen LogP contribution >= 0.6 is 11.6 Å². The van der Waals surface area contributed by atoms with Gasteiger partial charge in [-0.15, -0.1) is 0 Å². The van der Waals surface area contributed by atoms with E-state index in [9.17, 15) is 9.32 Å². The molecule has 10 heteroatoms. The molecule has 0 aromatic carbocycles. The standard InChI is InChI=1S/C23H31ClN6O2S/c24-17-13-25-20(26-14-17)16-5-3-10-30(11-7-16)22-27-18-6-1-2-12-33(32)19(18)21(28-22)29-23(15-31)8-4-9-23/h13-14,16,31H,1-12,15H2,(H,27,28,29)/t16?,33-/m1/s1. The maximum atomic E-state index is 13.1. The highest BCUT2D eigenvalue weighted by Crippen LogP contribution is 2.38. The zero-order valence-corrected chi connectivity index (χ0v) is 20.4. The van der Waals surface area contributed by atoms with Gasteiger partial charge in [-0.3, -0.25) is 4.21 Å². The summed E-state index contributed by atoms with van der Waals surface area (Å²) >= 11 is 5.96. The predicted octanol–water partition coefficient (Wildman–Crippen LogP) is 3.46. The molecular formula is C23H31ClN6O2S. The zero-order valence-electron chi connectivity index (χ0n) is 18.8. The summed E-state index contributed by atoms with van der Waals surface area (Å²) in [5, 5.41) is 14.1. The molecule has 178 valence electrons. The van der Waals surface area contributed by atoms with Gasteiger partial charge in [-0.2, -0.15) is 4.98 Å². The van der Waals surface area contributed by atoms with Crippen LogP contribution in [0.15, 0.2) is 17.3 Å². The van der Waals surface area contributed by atoms with Crippen molar-refractivity contribution >= 4 is 34.2 Å². The van der Waals surface area contributed by atoms with E-state index in [2.05, 4.69) is 20.2 Å². The fourth-order valence-corrected chi connectivity index (χ4v) is 6.50. The number of fused-ring (bicyclic) bond motifs is 1. The van der Waals surface area contributed by atoms with Crippen molar-refractivity contribution in [3.05, 3.63) is 28.9 Å². The maximum Gasteiger partial charge on any atom is 0.227 e. The third kappa shape index (κ3) is 4.86. The minimum atomic E-state index is -1.12. The van der Waals surface area contributed by atoms with Gasteiger partial charge < -0.3 is 15.3 Å². The van der Waals surface area contributed by atoms with Gasteiger partial charge in [-0.1, -0.05) is 11.6 Å². The minimum Gasteiger partial charge on any atom is -0.394 e. The third-order valence-corrected chi connectivity index (χ3v) is 8.90. The summed E-state index contributed by atoms with van der Waals surface area (Å²) in [7, 11) is -1.12. The van der Waals surface area contributed by atoms with Crippen LogP contribution in [0.5, 0.6) is 0 Å². The second kappa shape index (κ2) is 9.80. The normalized spacial score (nSPS) is 24.8. The number of aliphatic hydroxyl groups excluding tert-OH is 1. The van der Waals surface area contributed by atoms with Gasteiger partial charge >= 0.3 is 0 Å². The number of aliphatic hydroxyl groups is 1. The lowest BCUT2D eigenvalue weighted by Crippen LogP contribution is -2.49. The minimum absolute atomic E-state index is 0.0558. The molecule has 1 saturated carbocycles. The first kappa shape index (κ1) is 22.9. The third-order valence-electron chi connectivity index (χ3n) is 7.16. The molecule has 2 N–H and O–H groups in total. The van der Waals surface area contributed by atoms with Gasteiger partial charge in [0.25, 0.3) is 0 Å². The number of hydrogen-bond donors (Lipinski definition) is 2. The Hall–Kier alpha value is -1.84. The summed E-state index contributed by atoms with van der Waals surface area (Å²) in [6.45, 7) is 1.72. The van der Waals surface area contributed by atoms with E-state index >= 15 is 0 Å². The van der Waals surface area contributed by atoms with Crippen LogP contribution in [0.1, 0.15) is 68.8 Å². The van der Waals surface area contributed by atoms with Crippen LogP contribution in [0, 0.1) is 0 Å². The molecule has 0 spiro atoms. The van der Waals surface area contributed by atoms with Gasteiger partial charge in [-0.25, -0.2) is 15.0 Å². The second-order valence-electron chi connectivity index (χ2n) is 9.45. The van der Waals surface area contributed by atoms with Gasteiger partial charge in [0.1, 0.15) is 16.5 Å². The first-order chi connectivity index (χ1) is 16.1. The fraction of sp³-hybridized carbons (Fsp3) is 0.652. The number of halogens is 1. The van der Waals surface area contributed by atoms with Gasteiger partial charge in [0.15, 0.2) is 0 Å². The Labute approximate surface area is 202 Å². The topological polar surface area (TPSA) is 104 Å². The molecule has 1 saturated heterocycles. The van der Waals surface area contributed by atoms with E-state index in [0.29, 0.717) is 22.5 Å². The van der Waals surface area contributed by atoms with Gasteiger partial charge in [0.05, 0.1) is 33.7 Å². The molecule has 2 aromatic rings. The van der Waals surface area contributed by atoms with E-state index < -0.39 is 10.8 Å². The molecule has 0 bridgehead atoms. The van der Waals surface area contributed by atoms with Crippen LogP contribution in [0.2, 0.25) is 5.02 Å². The van der Waals surface area contributed by atoms with Crippen LogP contribution in [0.3, 0.4) is 0 Å². The lowest BCUT2D eigenvalue weighted by Gasteiger charge is -2.42. The number of rotatable bonds is 5. The molecule has 5 rings (SSSR count). The molecule has 8 nitrogen and oxygen atoms in total. The lowest BCUT2D eigenvalue weighted by atomic mass is 9.77. The first-order valence-corrected chi connectivity index (χ1v) is 13.7. The lowest BCUT2D eigenvalue weighted by molar-refractivity contribution is 0.143. The molecule has 2 atom stereocenters. The summed E-state index contributed by atoms with van der Waals surface area (Å²) < 4.78 is 13.1. The van der Waals surface area contributed by atoms with Crippen LogP contribution < -0.4 is 10.2 Å². The van der Waals surface area contributed by atoms with E-state index in [4.69, 9.17) is 21.6 Å². The average molecular weight is 491 g/mol. The Morgan fingerprint density at radius 2 is 1.94 bits per heavy atom. The van der Waals surface area contributed by atoms with E-state index in [1.54, 1.807) is 12.4 Å². The molecule has 3 aliphatic rings. The Bertz CT molecular complexity index is 1010. The van der Waals surface area contributed by atoms with Gasteiger partial charge in [0.2, 0.25) is 5.95 Å². The quantitative estimate of drug-likeness (QED) is 0.656. The Morgan fingerprint density at radius 1 is 1.12 bits per heavy atom. The van der Waals surface area contributed by atoms with Crippen LogP contribution in [-0.2, 0) is 17.2 Å². The summed E-state index contributed by atoms with van der Waals surface area (Å²) in [5.41, 5.74) is 0.540. The Morgan fingerprint density at radius 3 is 2.67 bits per heavy atom. The molecule has 33 heavy (non-hydrogen) atoms. The summed E-state index contributed by atoms with van der Waals surface area (Å²) in [6, 6.07) is 0. The Kier molecular flexibility index (Phi) is 6.81. The van der Waals surface area contributed by atoms with Crippen molar-refractivity contribution in [2.75, 3.05) is 35.7 Å². The zero-order chi connectivity index (χ0) is 22.8. The van der Waals surface area contributed by atoms with Gasteiger partial charge in [-0.05, 0) is 57.8 Å². The summed E-state index contributed by atoms with van der Waals surface area (Å²) in [4.78, 5) is 21.7. The van der Waals surface area contributed by atoms with E-state index in [1.807, 2.05) is 0 Å². The molecule has 2 fully saturated rings. The number of anilines is 2. The smallest absolute Gasteiger partial charge is 0.227 e. The predicted molar refractivity (Wildman–Crippen MR) is 129 cm³/mol. The summed E-state index contributed by atoms with van der Waals surface area (Å²) in [5.74, 6) is 3.12. The molecule has 2 aliphatic heterocycles. The number of hydrogen-bond acceptors (Lipinski definition) is 8. The van der Waals surface area contributed by atoms with Crippen LogP contribution in [0.25, 0.3) is 0 Å². The highest BCUT2D eigenvalue weighted by atomic mass is 35.5. The van der Waals surface area contributed by atoms with Crippen LogP contribution in [0.4, 0.5) is 11.8 Å². The van der Waals surface area contributed by atoms with Gasteiger partial charge in [0, 0.05) is 37.2 Å². The molecule has 0 radical (unpaired) electrons. The molecule has 0 amide bonds. The number of nitrogens with zero attached hydrogens (tertiary/aromatic N) is 5. The van der Waals surface area contributed by atoms with E-state index in [0.717, 1.165) is 87.3 Å². The van der Waals surface area contributed by atoms with Crippen molar-refractivity contribution in [3.63, 3.8) is 0 Å². The molecule has 4 heterocycles. The highest BCUT2D eigenvalue weighted by Gasteiger charge is 2.38.